The van der Waals surface area contributed by atoms with E-state index in [1.807, 2.05) is 0 Å². The number of esters is 2. The van der Waals surface area contributed by atoms with Gasteiger partial charge in [0.25, 0.3) is 0 Å². The molecule has 1 heterocycles. The van der Waals surface area contributed by atoms with E-state index in [4.69, 9.17) is 19.9 Å². The molecule has 5 N–H and O–H groups in total. The number of nitrogens with two attached hydrogens (primary N) is 1. The minimum atomic E-state index is -1.01. The number of aryl methyl sites for hydroxylation is 1. The Bertz CT molecular complexity index is 914. The number of nitrogens with zero attached hydrogens (tertiary/aromatic N) is 1. The van der Waals surface area contributed by atoms with Crippen LogP contribution in [0.5, 0.6) is 5.75 Å². The molecule has 0 aromatic carbocycles. The molecule has 0 spiro atoms. The maximum Gasteiger partial charge on any atom is 0.422 e. The molecule has 1 amide bonds. The molecule has 0 aliphatic rings. The van der Waals surface area contributed by atoms with Crippen LogP contribution >= 0.6 is 0 Å². The zero-order valence-corrected chi connectivity index (χ0v) is 22.9. The minimum absolute atomic E-state index is 0.0132. The van der Waals surface area contributed by atoms with Gasteiger partial charge in [-0.05, 0) is 80.7 Å². The van der Waals surface area contributed by atoms with E-state index in [9.17, 15) is 19.5 Å². The number of ether oxygens (including phenoxy) is 3. The van der Waals surface area contributed by atoms with Gasteiger partial charge < -0.3 is 25.1 Å². The van der Waals surface area contributed by atoms with E-state index in [1.54, 1.807) is 62.3 Å². The maximum absolute atomic E-state index is 12.8. The number of aromatic hydroxyl groups is 1. The molecule has 11 heteroatoms. The smallest absolute Gasteiger partial charge is 0.422 e. The van der Waals surface area contributed by atoms with Gasteiger partial charge in [-0.2, -0.15) is 0 Å². The number of aromatic nitrogens is 1. The number of hydrogen-bond donors (Lipinski definition) is 4. The molecule has 2 atom stereocenters. The average Bonchev–Trinajstić information content (AvgIpc) is 2.65. The van der Waals surface area contributed by atoms with Crippen molar-refractivity contribution in [3.8, 4) is 5.75 Å². The van der Waals surface area contributed by atoms with Crippen molar-refractivity contribution >= 4 is 18.0 Å². The van der Waals surface area contributed by atoms with Gasteiger partial charge in [-0.25, -0.2) is 10.2 Å². The molecule has 0 saturated carbocycles. The zero-order valence-electron chi connectivity index (χ0n) is 22.9. The predicted octanol–water partition coefficient (Wildman–Crippen LogP) is 2.67. The Balaban J connectivity index is 3.03. The van der Waals surface area contributed by atoms with Gasteiger partial charge in [0.05, 0.1) is 6.20 Å². The lowest BCUT2D eigenvalue weighted by molar-refractivity contribution is -0.158. The van der Waals surface area contributed by atoms with Gasteiger partial charge >= 0.3 is 18.0 Å². The zero-order chi connectivity index (χ0) is 27.9. The second-order valence-corrected chi connectivity index (χ2v) is 11.5. The van der Waals surface area contributed by atoms with Crippen molar-refractivity contribution in [2.45, 2.75) is 110 Å². The van der Waals surface area contributed by atoms with Crippen molar-refractivity contribution < 1.29 is 33.7 Å². The van der Waals surface area contributed by atoms with Crippen molar-refractivity contribution in [1.82, 2.24) is 15.8 Å². The highest BCUT2D eigenvalue weighted by molar-refractivity contribution is 5.77. The third-order valence-electron chi connectivity index (χ3n) is 4.40. The van der Waals surface area contributed by atoms with E-state index in [2.05, 4.69) is 15.8 Å². The lowest BCUT2D eigenvalue weighted by atomic mass is 9.97. The normalized spacial score (nSPS) is 13.9. The molecule has 1 aromatic heterocycles. The Hall–Kier alpha value is -2.92. The highest BCUT2D eigenvalue weighted by Crippen LogP contribution is 2.24. The van der Waals surface area contributed by atoms with E-state index in [0.29, 0.717) is 11.1 Å². The molecular formula is C25H42N4O7. The number of carbonyl (C=O) groups is 3. The fourth-order valence-corrected chi connectivity index (χ4v) is 3.02. The lowest BCUT2D eigenvalue weighted by Crippen LogP contribution is -2.51. The summed E-state index contributed by atoms with van der Waals surface area (Å²) in [5.74, 6) is -1.31. The van der Waals surface area contributed by atoms with Crippen LogP contribution in [0.15, 0.2) is 12.4 Å². The van der Waals surface area contributed by atoms with Crippen LogP contribution in [0.2, 0.25) is 0 Å². The predicted molar refractivity (Wildman–Crippen MR) is 134 cm³/mol. The summed E-state index contributed by atoms with van der Waals surface area (Å²) in [6.45, 7) is 15.6. The number of nitrogens with one attached hydrogen (secondary N) is 2. The van der Waals surface area contributed by atoms with Gasteiger partial charge in [0.15, 0.2) is 0 Å². The third kappa shape index (κ3) is 12.2. The van der Waals surface area contributed by atoms with Crippen molar-refractivity contribution in [2.24, 2.45) is 5.73 Å². The lowest BCUT2D eigenvalue weighted by Gasteiger charge is -2.26. The van der Waals surface area contributed by atoms with Crippen LogP contribution in [0, 0.1) is 0 Å². The molecule has 0 fully saturated rings. The monoisotopic (exact) mass is 510 g/mol. The Morgan fingerprint density at radius 2 is 1.44 bits per heavy atom. The third-order valence-corrected chi connectivity index (χ3v) is 4.40. The Morgan fingerprint density at radius 1 is 0.917 bits per heavy atom. The van der Waals surface area contributed by atoms with Gasteiger partial charge in [0.2, 0.25) is 0 Å². The molecule has 0 aliphatic carbocycles. The second kappa shape index (κ2) is 12.4. The van der Waals surface area contributed by atoms with Gasteiger partial charge in [-0.3, -0.25) is 20.0 Å². The van der Waals surface area contributed by atoms with Crippen LogP contribution in [-0.4, -0.2) is 57.0 Å². The molecule has 11 nitrogen and oxygen atoms in total. The molecule has 0 saturated heterocycles. The first-order chi connectivity index (χ1) is 16.3. The molecule has 0 bridgehead atoms. The fourth-order valence-electron chi connectivity index (χ4n) is 3.02. The molecule has 1 aromatic rings. The van der Waals surface area contributed by atoms with E-state index >= 15 is 0 Å². The van der Waals surface area contributed by atoms with Crippen LogP contribution in [-0.2, 0) is 36.6 Å². The summed E-state index contributed by atoms with van der Waals surface area (Å²) in [5.41, 5.74) is 9.93. The number of hydrazine groups is 1. The summed E-state index contributed by atoms with van der Waals surface area (Å²) >= 11 is 0. The van der Waals surface area contributed by atoms with Crippen molar-refractivity contribution in [3.05, 3.63) is 23.5 Å². The van der Waals surface area contributed by atoms with Crippen LogP contribution in [0.25, 0.3) is 0 Å². The first kappa shape index (κ1) is 31.1. The topological polar surface area (TPSA) is 162 Å². The average molecular weight is 511 g/mol. The highest BCUT2D eigenvalue weighted by atomic mass is 16.6. The van der Waals surface area contributed by atoms with Gasteiger partial charge in [0.1, 0.15) is 34.6 Å². The molecule has 2 unspecified atom stereocenters. The number of rotatable bonds is 9. The molecule has 204 valence electrons. The fraction of sp³-hybridized carbons (Fsp3) is 0.680. The van der Waals surface area contributed by atoms with Crippen molar-refractivity contribution in [1.29, 1.82) is 0 Å². The Morgan fingerprint density at radius 3 is 1.97 bits per heavy atom. The van der Waals surface area contributed by atoms with Crippen LogP contribution in [0.4, 0.5) is 4.79 Å². The summed E-state index contributed by atoms with van der Waals surface area (Å²) in [6, 6.07) is -1.95. The Kier molecular flexibility index (Phi) is 10.7. The number of hydrogen-bond acceptors (Lipinski definition) is 10. The summed E-state index contributed by atoms with van der Waals surface area (Å²) in [7, 11) is 0. The quantitative estimate of drug-likeness (QED) is 0.221. The first-order valence-electron chi connectivity index (χ1n) is 11.9. The van der Waals surface area contributed by atoms with Crippen LogP contribution in [0.1, 0.15) is 79.9 Å². The van der Waals surface area contributed by atoms with Crippen LogP contribution in [0.3, 0.4) is 0 Å². The molecule has 0 aliphatic heterocycles. The summed E-state index contributed by atoms with van der Waals surface area (Å²) in [5, 5.41) is 10.4. The van der Waals surface area contributed by atoms with Gasteiger partial charge in [-0.1, -0.05) is 0 Å². The molecule has 0 radical (unpaired) electrons. The minimum Gasteiger partial charge on any atom is -0.506 e. The highest BCUT2D eigenvalue weighted by Gasteiger charge is 2.28. The van der Waals surface area contributed by atoms with E-state index in [1.165, 1.54) is 12.4 Å². The maximum atomic E-state index is 12.8. The van der Waals surface area contributed by atoms with E-state index in [-0.39, 0.29) is 25.0 Å². The largest absolute Gasteiger partial charge is 0.506 e. The Labute approximate surface area is 213 Å². The van der Waals surface area contributed by atoms with Crippen LogP contribution < -0.4 is 16.6 Å². The first-order valence-corrected chi connectivity index (χ1v) is 11.9. The summed E-state index contributed by atoms with van der Waals surface area (Å²) in [6.07, 6.45) is 2.48. The standard InChI is InChI=1S/C25H42N4O7/c1-23(2,3)34-20(31)17(26)12-16-15(13-27-14-19(16)30)10-11-18(21(32)35-24(4,5)6)28-29-22(33)36-25(7,8)9/h13-14,17-18,28,30H,10-12,26H2,1-9H3,(H,29,33). The summed E-state index contributed by atoms with van der Waals surface area (Å²) < 4.78 is 16.0. The second-order valence-electron chi connectivity index (χ2n) is 11.5. The van der Waals surface area contributed by atoms with Gasteiger partial charge in [0, 0.05) is 18.2 Å². The number of carbonyl (C=O) groups excluding carboxylic acids is 3. The SMILES string of the molecule is CC(C)(C)OC(=O)NNC(CCc1cncc(O)c1CC(N)C(=O)OC(C)(C)C)C(=O)OC(C)(C)C. The van der Waals surface area contributed by atoms with Crippen molar-refractivity contribution in [2.75, 3.05) is 0 Å². The summed E-state index contributed by atoms with van der Waals surface area (Å²) in [4.78, 5) is 41.3. The van der Waals surface area contributed by atoms with E-state index < -0.39 is 46.9 Å². The number of pyridine rings is 1. The van der Waals surface area contributed by atoms with Crippen molar-refractivity contribution in [3.63, 3.8) is 0 Å². The number of amides is 1. The van der Waals surface area contributed by atoms with E-state index in [0.717, 1.165) is 0 Å². The van der Waals surface area contributed by atoms with Gasteiger partial charge in [-0.15, -0.1) is 0 Å². The molecule has 36 heavy (non-hydrogen) atoms. The molecule has 1 rings (SSSR count). The molecular weight excluding hydrogens is 468 g/mol.